The van der Waals surface area contributed by atoms with Gasteiger partial charge in [-0.2, -0.15) is 4.99 Å². The summed E-state index contributed by atoms with van der Waals surface area (Å²) in [4.78, 5) is 18.1. The van der Waals surface area contributed by atoms with Crippen molar-refractivity contribution in [3.8, 4) is 0 Å². The molecule has 1 aromatic rings. The minimum absolute atomic E-state index is 0.158. The molecular formula is C15H17N3O. The van der Waals surface area contributed by atoms with E-state index in [1.807, 2.05) is 23.1 Å². The van der Waals surface area contributed by atoms with Crippen molar-refractivity contribution >= 4 is 11.9 Å². The van der Waals surface area contributed by atoms with E-state index in [9.17, 15) is 4.79 Å². The average Bonchev–Trinajstić information content (AvgIpc) is 3.06. The Labute approximate surface area is 112 Å². The van der Waals surface area contributed by atoms with Gasteiger partial charge in [-0.25, -0.2) is 4.79 Å². The molecule has 2 saturated carbocycles. The van der Waals surface area contributed by atoms with Crippen molar-refractivity contribution in [3.05, 3.63) is 35.9 Å². The van der Waals surface area contributed by atoms with Crippen molar-refractivity contribution in [1.29, 1.82) is 0 Å². The molecule has 2 fully saturated rings. The molecule has 0 aromatic heterocycles. The van der Waals surface area contributed by atoms with Gasteiger partial charge in [0.2, 0.25) is 0 Å². The first-order valence-electron chi connectivity index (χ1n) is 6.92. The van der Waals surface area contributed by atoms with Crippen molar-refractivity contribution in [2.45, 2.75) is 31.3 Å². The highest BCUT2D eigenvalue weighted by atomic mass is 16.2. The number of rotatable bonds is 2. The smallest absolute Gasteiger partial charge is 0.346 e. The lowest BCUT2D eigenvalue weighted by Gasteiger charge is -2.36. The third kappa shape index (κ3) is 1.40. The predicted molar refractivity (Wildman–Crippen MR) is 72.6 cm³/mol. The van der Waals surface area contributed by atoms with Crippen LogP contribution in [0.2, 0.25) is 0 Å². The van der Waals surface area contributed by atoms with Crippen LogP contribution in [0, 0.1) is 11.8 Å². The third-order valence-electron chi connectivity index (χ3n) is 4.99. The van der Waals surface area contributed by atoms with Gasteiger partial charge in [-0.1, -0.05) is 30.3 Å². The molecule has 1 heterocycles. The highest BCUT2D eigenvalue weighted by Crippen LogP contribution is 2.61. The van der Waals surface area contributed by atoms with E-state index in [1.54, 1.807) is 0 Å². The fraction of sp³-hybridized carbons (Fsp3) is 0.467. The van der Waals surface area contributed by atoms with Gasteiger partial charge in [-0.3, -0.25) is 0 Å². The molecule has 4 nitrogen and oxygen atoms in total. The summed E-state index contributed by atoms with van der Waals surface area (Å²) in [5.74, 6) is 1.86. The SMILES string of the molecule is NC1=NC(=O)N(Cc2ccccc2)C12CCC1CC12. The lowest BCUT2D eigenvalue weighted by atomic mass is 9.90. The summed E-state index contributed by atoms with van der Waals surface area (Å²) in [6, 6.07) is 9.93. The number of carbonyl (C=O) groups excluding carboxylic acids is 1. The van der Waals surface area contributed by atoms with Crippen molar-refractivity contribution in [1.82, 2.24) is 4.90 Å². The number of benzene rings is 1. The summed E-state index contributed by atoms with van der Waals surface area (Å²) in [5.41, 5.74) is 6.99. The normalized spacial score (nSPS) is 35.7. The molecule has 0 saturated heterocycles. The van der Waals surface area contributed by atoms with Crippen LogP contribution >= 0.6 is 0 Å². The summed E-state index contributed by atoms with van der Waals surface area (Å²) in [7, 11) is 0. The Morgan fingerprint density at radius 3 is 2.79 bits per heavy atom. The number of nitrogens with two attached hydrogens (primary N) is 1. The molecule has 0 radical (unpaired) electrons. The number of amidine groups is 1. The van der Waals surface area contributed by atoms with Gasteiger partial charge < -0.3 is 10.6 Å². The topological polar surface area (TPSA) is 58.7 Å². The molecule has 4 heteroatoms. The highest BCUT2D eigenvalue weighted by molar-refractivity contribution is 6.06. The summed E-state index contributed by atoms with van der Waals surface area (Å²) in [5, 5.41) is 0. The van der Waals surface area contributed by atoms with E-state index in [-0.39, 0.29) is 11.6 Å². The zero-order valence-electron chi connectivity index (χ0n) is 10.7. The van der Waals surface area contributed by atoms with Gasteiger partial charge in [0.25, 0.3) is 0 Å². The number of hydrogen-bond donors (Lipinski definition) is 1. The van der Waals surface area contributed by atoms with Gasteiger partial charge >= 0.3 is 6.03 Å². The van der Waals surface area contributed by atoms with Crippen molar-refractivity contribution < 1.29 is 4.79 Å². The van der Waals surface area contributed by atoms with Crippen LogP contribution in [0.5, 0.6) is 0 Å². The Kier molecular flexibility index (Phi) is 2.08. The van der Waals surface area contributed by atoms with Gasteiger partial charge in [-0.05, 0) is 36.7 Å². The number of nitrogens with zero attached hydrogens (tertiary/aromatic N) is 2. The second kappa shape index (κ2) is 3.59. The van der Waals surface area contributed by atoms with E-state index < -0.39 is 0 Å². The van der Waals surface area contributed by atoms with Crippen LogP contribution in [0.25, 0.3) is 0 Å². The summed E-state index contributed by atoms with van der Waals surface area (Å²) < 4.78 is 0. The first-order chi connectivity index (χ1) is 9.22. The largest absolute Gasteiger partial charge is 0.385 e. The number of aliphatic imine (C=N–C) groups is 1. The average molecular weight is 255 g/mol. The van der Waals surface area contributed by atoms with Gasteiger partial charge in [0.1, 0.15) is 11.4 Å². The highest BCUT2D eigenvalue weighted by Gasteiger charge is 2.65. The quantitative estimate of drug-likeness (QED) is 0.880. The van der Waals surface area contributed by atoms with Crippen LogP contribution in [-0.4, -0.2) is 22.3 Å². The van der Waals surface area contributed by atoms with E-state index >= 15 is 0 Å². The molecule has 1 aliphatic heterocycles. The van der Waals surface area contributed by atoms with Gasteiger partial charge in [-0.15, -0.1) is 0 Å². The Balaban J connectivity index is 1.69. The maximum atomic E-state index is 12.2. The van der Waals surface area contributed by atoms with Gasteiger partial charge in [0, 0.05) is 6.54 Å². The van der Waals surface area contributed by atoms with Crippen molar-refractivity contribution in [3.63, 3.8) is 0 Å². The lowest BCUT2D eigenvalue weighted by Crippen LogP contribution is -2.54. The molecule has 4 rings (SSSR count). The van der Waals surface area contributed by atoms with E-state index in [1.165, 1.54) is 12.8 Å². The molecule has 3 unspecified atom stereocenters. The standard InChI is InChI=1S/C15H17N3O/c16-13-15(7-6-11-8-12(11)15)18(14(19)17-13)9-10-4-2-1-3-5-10/h1-5,11-12H,6-9H2,(H2,16,17,19). The summed E-state index contributed by atoms with van der Waals surface area (Å²) >= 11 is 0. The van der Waals surface area contributed by atoms with Crippen LogP contribution in [0.3, 0.4) is 0 Å². The lowest BCUT2D eigenvalue weighted by molar-refractivity contribution is 0.156. The second-order valence-corrected chi connectivity index (χ2v) is 5.92. The molecule has 2 aliphatic carbocycles. The molecule has 3 atom stereocenters. The summed E-state index contributed by atoms with van der Waals surface area (Å²) in [6.07, 6.45) is 3.37. The molecule has 3 aliphatic rings. The van der Waals surface area contributed by atoms with E-state index in [2.05, 4.69) is 17.1 Å². The summed E-state index contributed by atoms with van der Waals surface area (Å²) in [6.45, 7) is 0.618. The Bertz CT molecular complexity index is 568. The Hall–Kier alpha value is -1.84. The van der Waals surface area contributed by atoms with Crippen LogP contribution in [0.1, 0.15) is 24.8 Å². The molecule has 2 N–H and O–H groups in total. The van der Waals surface area contributed by atoms with Crippen LogP contribution in [-0.2, 0) is 6.54 Å². The van der Waals surface area contributed by atoms with E-state index in [0.717, 1.165) is 17.9 Å². The number of amides is 2. The van der Waals surface area contributed by atoms with Gasteiger partial charge in [0.05, 0.1) is 0 Å². The molecule has 19 heavy (non-hydrogen) atoms. The van der Waals surface area contributed by atoms with Crippen molar-refractivity contribution in [2.75, 3.05) is 0 Å². The zero-order chi connectivity index (χ0) is 13.0. The number of hydrogen-bond acceptors (Lipinski definition) is 2. The van der Waals surface area contributed by atoms with E-state index in [0.29, 0.717) is 18.3 Å². The zero-order valence-corrected chi connectivity index (χ0v) is 10.7. The molecule has 1 spiro atoms. The number of fused-ring (bicyclic) bond motifs is 2. The Morgan fingerprint density at radius 2 is 2.16 bits per heavy atom. The fourth-order valence-corrected chi connectivity index (χ4v) is 3.94. The molecule has 1 aromatic carbocycles. The minimum Gasteiger partial charge on any atom is -0.385 e. The van der Waals surface area contributed by atoms with Gasteiger partial charge in [0.15, 0.2) is 0 Å². The monoisotopic (exact) mass is 255 g/mol. The van der Waals surface area contributed by atoms with Crippen molar-refractivity contribution in [2.24, 2.45) is 22.6 Å². The Morgan fingerprint density at radius 1 is 1.37 bits per heavy atom. The molecule has 0 bridgehead atoms. The maximum absolute atomic E-state index is 12.2. The molecule has 2 amide bonds. The number of carbonyl (C=O) groups is 1. The first kappa shape index (κ1) is 11.0. The maximum Gasteiger partial charge on any atom is 0.346 e. The molecular weight excluding hydrogens is 238 g/mol. The van der Waals surface area contributed by atoms with Crippen LogP contribution in [0.15, 0.2) is 35.3 Å². The minimum atomic E-state index is -0.266. The predicted octanol–water partition coefficient (Wildman–Crippen LogP) is 2.15. The molecule has 98 valence electrons. The fourth-order valence-electron chi connectivity index (χ4n) is 3.94. The number of urea groups is 1. The first-order valence-corrected chi connectivity index (χ1v) is 6.92. The van der Waals surface area contributed by atoms with Crippen LogP contribution in [0.4, 0.5) is 4.79 Å². The van der Waals surface area contributed by atoms with Crippen LogP contribution < -0.4 is 5.73 Å². The third-order valence-corrected chi connectivity index (χ3v) is 4.99. The second-order valence-electron chi connectivity index (χ2n) is 5.92. The van der Waals surface area contributed by atoms with E-state index in [4.69, 9.17) is 5.73 Å².